The number of rotatable bonds is 6. The fourth-order valence-corrected chi connectivity index (χ4v) is 2.11. The van der Waals surface area contributed by atoms with Gasteiger partial charge in [-0.05, 0) is 35.4 Å². The van der Waals surface area contributed by atoms with E-state index in [0.29, 0.717) is 17.0 Å². The zero-order valence-electron chi connectivity index (χ0n) is 12.1. The predicted molar refractivity (Wildman–Crippen MR) is 87.9 cm³/mol. The number of hydrogen-bond acceptors (Lipinski definition) is 4. The molecule has 23 heavy (non-hydrogen) atoms. The number of benzene rings is 2. The van der Waals surface area contributed by atoms with Crippen molar-refractivity contribution in [2.45, 2.75) is 6.42 Å². The molecule has 2 aromatic carbocycles. The Labute approximate surface area is 138 Å². The van der Waals surface area contributed by atoms with Gasteiger partial charge in [0.15, 0.2) is 0 Å². The largest absolute Gasteiger partial charge is 0.462 e. The zero-order valence-corrected chi connectivity index (χ0v) is 12.9. The summed E-state index contributed by atoms with van der Waals surface area (Å²) in [5.74, 6) is -0.431. The summed E-state index contributed by atoms with van der Waals surface area (Å²) in [4.78, 5) is 21.8. The summed E-state index contributed by atoms with van der Waals surface area (Å²) >= 11 is 5.76. The minimum absolute atomic E-state index is 0.185. The van der Waals surface area contributed by atoms with Gasteiger partial charge in [-0.15, -0.1) is 0 Å². The van der Waals surface area contributed by atoms with E-state index >= 15 is 0 Å². The van der Waals surface area contributed by atoms with E-state index in [2.05, 4.69) is 0 Å². The topological polar surface area (TPSA) is 69.4 Å². The molecular formula is C17H14ClNO4. The third-order valence-electron chi connectivity index (χ3n) is 3.12. The Balaban J connectivity index is 1.95. The van der Waals surface area contributed by atoms with Crippen molar-refractivity contribution in [3.63, 3.8) is 0 Å². The van der Waals surface area contributed by atoms with E-state index in [4.69, 9.17) is 16.3 Å². The van der Waals surface area contributed by atoms with E-state index in [1.54, 1.807) is 36.4 Å². The first-order valence-corrected chi connectivity index (χ1v) is 7.26. The highest BCUT2D eigenvalue weighted by Crippen LogP contribution is 2.13. The number of hydrogen-bond donors (Lipinski definition) is 0. The van der Waals surface area contributed by atoms with Crippen LogP contribution in [0.3, 0.4) is 0 Å². The first-order chi connectivity index (χ1) is 11.1. The molecule has 0 aliphatic rings. The molecule has 2 aromatic rings. The molecule has 0 aliphatic heterocycles. The second-order valence-corrected chi connectivity index (χ2v) is 5.13. The van der Waals surface area contributed by atoms with Gasteiger partial charge in [0, 0.05) is 17.5 Å². The summed E-state index contributed by atoms with van der Waals surface area (Å²) in [6.45, 7) is 0.185. The maximum absolute atomic E-state index is 11.9. The lowest BCUT2D eigenvalue weighted by Gasteiger charge is -2.07. The molecule has 0 fully saturated rings. The monoisotopic (exact) mass is 331 g/mol. The fraction of sp³-hybridized carbons (Fsp3) is 0.118. The molecule has 0 bridgehead atoms. The maximum Gasteiger partial charge on any atom is 0.338 e. The summed E-state index contributed by atoms with van der Waals surface area (Å²) < 4.78 is 5.21. The van der Waals surface area contributed by atoms with Crippen LogP contribution in [0.1, 0.15) is 21.5 Å². The van der Waals surface area contributed by atoms with Gasteiger partial charge in [0.2, 0.25) is 6.20 Å². The van der Waals surface area contributed by atoms with Gasteiger partial charge in [-0.2, -0.15) is 0 Å². The lowest BCUT2D eigenvalue weighted by atomic mass is 10.1. The lowest BCUT2D eigenvalue weighted by molar-refractivity contribution is -0.400. The molecule has 0 saturated carbocycles. The third kappa shape index (κ3) is 5.23. The van der Waals surface area contributed by atoms with Gasteiger partial charge in [0.25, 0.3) is 0 Å². The Bertz CT molecular complexity index is 726. The average Bonchev–Trinajstić information content (AvgIpc) is 2.54. The van der Waals surface area contributed by atoms with Gasteiger partial charge in [-0.25, -0.2) is 4.79 Å². The van der Waals surface area contributed by atoms with Crippen LogP contribution in [-0.2, 0) is 11.2 Å². The highest BCUT2D eigenvalue weighted by molar-refractivity contribution is 6.30. The van der Waals surface area contributed by atoms with Crippen molar-refractivity contribution in [1.29, 1.82) is 0 Å². The first kappa shape index (κ1) is 16.7. The van der Waals surface area contributed by atoms with Crippen molar-refractivity contribution < 1.29 is 14.5 Å². The minimum atomic E-state index is -0.517. The number of carbonyl (C=O) groups is 1. The summed E-state index contributed by atoms with van der Waals surface area (Å²) in [7, 11) is 0. The van der Waals surface area contributed by atoms with Crippen LogP contribution in [0.15, 0.2) is 54.7 Å². The summed E-state index contributed by atoms with van der Waals surface area (Å²) in [6, 6.07) is 13.7. The van der Waals surface area contributed by atoms with Crippen LogP contribution in [0.4, 0.5) is 0 Å². The fourth-order valence-electron chi connectivity index (χ4n) is 1.99. The van der Waals surface area contributed by atoms with E-state index in [0.717, 1.165) is 17.3 Å². The molecule has 6 heteroatoms. The van der Waals surface area contributed by atoms with Crippen molar-refractivity contribution in [1.82, 2.24) is 0 Å². The standard InChI is InChI=1S/C17H14ClNO4/c18-16-7-5-15(6-8-16)17(20)23-12-10-14-4-2-1-3-13(14)9-11-19(21)22/h1-9,11H,10,12H2/b11-9-. The normalized spacial score (nSPS) is 10.7. The summed E-state index contributed by atoms with van der Waals surface area (Å²) in [6.07, 6.45) is 2.78. The van der Waals surface area contributed by atoms with E-state index < -0.39 is 10.9 Å². The van der Waals surface area contributed by atoms with Crippen molar-refractivity contribution in [2.75, 3.05) is 6.61 Å². The SMILES string of the molecule is O=C(OCCc1ccccc1/C=C\[N+](=O)[O-])c1ccc(Cl)cc1. The number of nitro groups is 1. The molecule has 0 atom stereocenters. The lowest BCUT2D eigenvalue weighted by Crippen LogP contribution is -2.08. The molecule has 0 spiro atoms. The van der Waals surface area contributed by atoms with Crippen LogP contribution in [0, 0.1) is 10.1 Å². The molecule has 0 amide bonds. The van der Waals surface area contributed by atoms with Gasteiger partial charge in [-0.3, -0.25) is 10.1 Å². The zero-order chi connectivity index (χ0) is 16.7. The third-order valence-corrected chi connectivity index (χ3v) is 3.37. The molecule has 118 valence electrons. The predicted octanol–water partition coefficient (Wildman–Crippen LogP) is 3.99. The Kier molecular flexibility index (Phi) is 5.88. The van der Waals surface area contributed by atoms with Gasteiger partial charge in [0.1, 0.15) is 0 Å². The number of carbonyl (C=O) groups excluding carboxylic acids is 1. The quantitative estimate of drug-likeness (QED) is 0.456. The second-order valence-electron chi connectivity index (χ2n) is 4.69. The Hall–Kier alpha value is -2.66. The van der Waals surface area contributed by atoms with Gasteiger partial charge in [-0.1, -0.05) is 35.9 Å². The molecule has 0 unspecified atom stereocenters. The smallest absolute Gasteiger partial charge is 0.338 e. The number of ether oxygens (including phenoxy) is 1. The molecule has 0 heterocycles. The van der Waals surface area contributed by atoms with Gasteiger partial charge < -0.3 is 4.74 Å². The Morgan fingerprint density at radius 1 is 1.17 bits per heavy atom. The molecule has 0 N–H and O–H groups in total. The van der Waals surface area contributed by atoms with Crippen molar-refractivity contribution in [3.8, 4) is 0 Å². The van der Waals surface area contributed by atoms with E-state index in [-0.39, 0.29) is 6.61 Å². The Morgan fingerprint density at radius 3 is 2.57 bits per heavy atom. The highest BCUT2D eigenvalue weighted by atomic mass is 35.5. The second kappa shape index (κ2) is 8.10. The molecule has 0 aliphatic carbocycles. The van der Waals surface area contributed by atoms with Gasteiger partial charge in [0.05, 0.1) is 17.1 Å². The molecule has 0 saturated heterocycles. The van der Waals surface area contributed by atoms with Crippen molar-refractivity contribution >= 4 is 23.6 Å². The van der Waals surface area contributed by atoms with Gasteiger partial charge >= 0.3 is 5.97 Å². The van der Waals surface area contributed by atoms with E-state index in [1.165, 1.54) is 6.08 Å². The van der Waals surface area contributed by atoms with Crippen LogP contribution >= 0.6 is 11.6 Å². The van der Waals surface area contributed by atoms with Crippen LogP contribution in [0.2, 0.25) is 5.02 Å². The molecule has 0 aromatic heterocycles. The Morgan fingerprint density at radius 2 is 1.87 bits per heavy atom. The van der Waals surface area contributed by atoms with Crippen molar-refractivity contribution in [3.05, 3.63) is 86.6 Å². The summed E-state index contributed by atoms with van der Waals surface area (Å²) in [5.41, 5.74) is 2.03. The van der Waals surface area contributed by atoms with E-state index in [1.807, 2.05) is 12.1 Å². The molecular weight excluding hydrogens is 318 g/mol. The first-order valence-electron chi connectivity index (χ1n) is 6.88. The van der Waals surface area contributed by atoms with E-state index in [9.17, 15) is 14.9 Å². The highest BCUT2D eigenvalue weighted by Gasteiger charge is 2.07. The number of esters is 1. The van der Waals surface area contributed by atoms with Crippen molar-refractivity contribution in [2.24, 2.45) is 0 Å². The summed E-state index contributed by atoms with van der Waals surface area (Å²) in [5, 5.41) is 11.0. The number of halogens is 1. The van der Waals surface area contributed by atoms with Crippen LogP contribution in [-0.4, -0.2) is 17.5 Å². The van der Waals surface area contributed by atoms with Crippen LogP contribution < -0.4 is 0 Å². The molecule has 2 rings (SSSR count). The number of nitrogens with zero attached hydrogens (tertiary/aromatic N) is 1. The maximum atomic E-state index is 11.9. The average molecular weight is 332 g/mol. The minimum Gasteiger partial charge on any atom is -0.462 e. The van der Waals surface area contributed by atoms with Crippen LogP contribution in [0.25, 0.3) is 6.08 Å². The molecule has 0 radical (unpaired) electrons. The molecule has 5 nitrogen and oxygen atoms in total. The van der Waals surface area contributed by atoms with Crippen LogP contribution in [0.5, 0.6) is 0 Å².